The molecular formula is C16H23ClN2O3. The topological polar surface area (TPSA) is 70.6 Å². The molecule has 0 bridgehead atoms. The van der Waals surface area contributed by atoms with Crippen LogP contribution in [0.5, 0.6) is 5.75 Å². The van der Waals surface area contributed by atoms with Crippen molar-refractivity contribution in [1.29, 1.82) is 0 Å². The molecule has 1 aliphatic carbocycles. The standard InChI is InChI=1S/C16H23ClN2O3/c1-2-22-15-8-13(17)5-4-12(15)10-19-16(21)18-9-11-3-6-14(20)7-11/h4-5,8,11,14,20H,2-3,6-7,9-10H2,1H3,(H2,18,19,21)/t11-,14+/m0/s1. The smallest absolute Gasteiger partial charge is 0.315 e. The summed E-state index contributed by atoms with van der Waals surface area (Å²) in [5.41, 5.74) is 0.887. The highest BCUT2D eigenvalue weighted by atomic mass is 35.5. The Morgan fingerprint density at radius 2 is 2.23 bits per heavy atom. The van der Waals surface area contributed by atoms with Gasteiger partial charge in [0.25, 0.3) is 0 Å². The average molecular weight is 327 g/mol. The molecule has 0 saturated heterocycles. The van der Waals surface area contributed by atoms with E-state index in [1.165, 1.54) is 0 Å². The number of aliphatic hydroxyl groups is 1. The molecule has 6 heteroatoms. The zero-order chi connectivity index (χ0) is 15.9. The van der Waals surface area contributed by atoms with Crippen molar-refractivity contribution < 1.29 is 14.6 Å². The molecule has 1 saturated carbocycles. The van der Waals surface area contributed by atoms with Crippen molar-refractivity contribution in [2.24, 2.45) is 5.92 Å². The number of nitrogens with one attached hydrogen (secondary N) is 2. The van der Waals surface area contributed by atoms with Crippen molar-refractivity contribution in [2.75, 3.05) is 13.2 Å². The molecule has 0 aromatic heterocycles. The molecule has 0 unspecified atom stereocenters. The van der Waals surface area contributed by atoms with E-state index in [-0.39, 0.29) is 12.1 Å². The lowest BCUT2D eigenvalue weighted by Crippen LogP contribution is -2.37. The summed E-state index contributed by atoms with van der Waals surface area (Å²) in [6.45, 7) is 3.43. The van der Waals surface area contributed by atoms with Gasteiger partial charge in [-0.2, -0.15) is 0 Å². The van der Waals surface area contributed by atoms with Crippen LogP contribution in [-0.2, 0) is 6.54 Å². The highest BCUT2D eigenvalue weighted by Crippen LogP contribution is 2.25. The highest BCUT2D eigenvalue weighted by molar-refractivity contribution is 6.30. The van der Waals surface area contributed by atoms with Gasteiger partial charge in [-0.05, 0) is 44.2 Å². The van der Waals surface area contributed by atoms with Gasteiger partial charge in [-0.1, -0.05) is 17.7 Å². The van der Waals surface area contributed by atoms with Crippen molar-refractivity contribution in [3.8, 4) is 5.75 Å². The Kier molecular flexibility index (Phi) is 6.34. The second-order valence-electron chi connectivity index (χ2n) is 5.58. The van der Waals surface area contributed by atoms with Gasteiger partial charge in [0.2, 0.25) is 0 Å². The third kappa shape index (κ3) is 5.07. The maximum absolute atomic E-state index is 11.8. The number of hydrogen-bond donors (Lipinski definition) is 3. The van der Waals surface area contributed by atoms with Crippen molar-refractivity contribution in [2.45, 2.75) is 38.8 Å². The molecule has 1 fully saturated rings. The van der Waals surface area contributed by atoms with Gasteiger partial charge in [-0.25, -0.2) is 4.79 Å². The maximum Gasteiger partial charge on any atom is 0.315 e. The van der Waals surface area contributed by atoms with Gasteiger partial charge < -0.3 is 20.5 Å². The average Bonchev–Trinajstić information content (AvgIpc) is 2.90. The van der Waals surface area contributed by atoms with E-state index in [4.69, 9.17) is 16.3 Å². The molecule has 2 atom stereocenters. The first kappa shape index (κ1) is 16.9. The van der Waals surface area contributed by atoms with E-state index < -0.39 is 0 Å². The number of halogens is 1. The number of carbonyl (C=O) groups excluding carboxylic acids is 1. The number of rotatable bonds is 6. The first-order chi connectivity index (χ1) is 10.6. The first-order valence-electron chi connectivity index (χ1n) is 7.69. The molecule has 1 aromatic rings. The van der Waals surface area contributed by atoms with Crippen LogP contribution in [0, 0.1) is 5.92 Å². The Balaban J connectivity index is 1.78. The first-order valence-corrected chi connectivity index (χ1v) is 8.07. The zero-order valence-electron chi connectivity index (χ0n) is 12.8. The van der Waals surface area contributed by atoms with Crippen molar-refractivity contribution in [3.05, 3.63) is 28.8 Å². The molecule has 5 nitrogen and oxygen atoms in total. The van der Waals surface area contributed by atoms with E-state index in [0.717, 1.165) is 24.8 Å². The van der Waals surface area contributed by atoms with Crippen LogP contribution in [0.15, 0.2) is 18.2 Å². The predicted octanol–water partition coefficient (Wildman–Crippen LogP) is 2.70. The van der Waals surface area contributed by atoms with Crippen molar-refractivity contribution in [1.82, 2.24) is 10.6 Å². The van der Waals surface area contributed by atoms with Crippen molar-refractivity contribution in [3.63, 3.8) is 0 Å². The molecule has 1 aliphatic rings. The van der Waals surface area contributed by atoms with E-state index in [0.29, 0.717) is 36.4 Å². The zero-order valence-corrected chi connectivity index (χ0v) is 13.5. The summed E-state index contributed by atoms with van der Waals surface area (Å²) in [7, 11) is 0. The molecule has 2 amide bonds. The number of aliphatic hydroxyl groups excluding tert-OH is 1. The van der Waals surface area contributed by atoms with Crippen LogP contribution in [0.2, 0.25) is 5.02 Å². The lowest BCUT2D eigenvalue weighted by molar-refractivity contribution is 0.177. The summed E-state index contributed by atoms with van der Waals surface area (Å²) in [5.74, 6) is 1.06. The van der Waals surface area contributed by atoms with Crippen LogP contribution < -0.4 is 15.4 Å². The monoisotopic (exact) mass is 326 g/mol. The number of carbonyl (C=O) groups is 1. The molecule has 2 rings (SSSR count). The highest BCUT2D eigenvalue weighted by Gasteiger charge is 2.22. The Labute approximate surface area is 136 Å². The van der Waals surface area contributed by atoms with Gasteiger partial charge in [-0.15, -0.1) is 0 Å². The van der Waals surface area contributed by atoms with Crippen molar-refractivity contribution >= 4 is 17.6 Å². The quantitative estimate of drug-likeness (QED) is 0.752. The van der Waals surface area contributed by atoms with Crippen LogP contribution in [0.4, 0.5) is 4.79 Å². The SMILES string of the molecule is CCOc1cc(Cl)ccc1CNC(=O)NC[C@H]1CC[C@@H](O)C1. The van der Waals surface area contributed by atoms with Gasteiger partial charge in [0.05, 0.1) is 12.7 Å². The van der Waals surface area contributed by atoms with Gasteiger partial charge in [-0.3, -0.25) is 0 Å². The Hall–Kier alpha value is -1.46. The Bertz CT molecular complexity index is 510. The van der Waals surface area contributed by atoms with E-state index in [1.807, 2.05) is 13.0 Å². The lowest BCUT2D eigenvalue weighted by atomic mass is 10.1. The minimum Gasteiger partial charge on any atom is -0.493 e. The number of hydrogen-bond acceptors (Lipinski definition) is 3. The molecule has 1 aromatic carbocycles. The van der Waals surface area contributed by atoms with Crippen LogP contribution in [0.3, 0.4) is 0 Å². The third-order valence-corrected chi connectivity index (χ3v) is 4.07. The van der Waals surface area contributed by atoms with Crippen LogP contribution >= 0.6 is 11.6 Å². The minimum absolute atomic E-state index is 0.209. The molecule has 0 aliphatic heterocycles. The molecule has 22 heavy (non-hydrogen) atoms. The van der Waals surface area contributed by atoms with Crippen LogP contribution in [0.25, 0.3) is 0 Å². The normalized spacial score (nSPS) is 20.7. The molecule has 0 spiro atoms. The van der Waals surface area contributed by atoms with Crippen LogP contribution in [-0.4, -0.2) is 30.4 Å². The summed E-state index contributed by atoms with van der Waals surface area (Å²) in [6, 6.07) is 5.17. The van der Waals surface area contributed by atoms with E-state index in [2.05, 4.69) is 10.6 Å². The summed E-state index contributed by atoms with van der Waals surface area (Å²) in [6.07, 6.45) is 2.35. The fourth-order valence-electron chi connectivity index (χ4n) is 2.67. The number of amides is 2. The second kappa shape index (κ2) is 8.25. The summed E-state index contributed by atoms with van der Waals surface area (Å²) >= 11 is 5.95. The van der Waals surface area contributed by atoms with Gasteiger partial charge in [0, 0.05) is 23.7 Å². The number of benzene rings is 1. The van der Waals surface area contributed by atoms with Gasteiger partial charge >= 0.3 is 6.03 Å². The molecular weight excluding hydrogens is 304 g/mol. The van der Waals surface area contributed by atoms with E-state index in [9.17, 15) is 9.90 Å². The second-order valence-corrected chi connectivity index (χ2v) is 6.02. The van der Waals surface area contributed by atoms with E-state index in [1.54, 1.807) is 12.1 Å². The number of ether oxygens (including phenoxy) is 1. The fourth-order valence-corrected chi connectivity index (χ4v) is 2.84. The molecule has 0 heterocycles. The summed E-state index contributed by atoms with van der Waals surface area (Å²) in [5, 5.41) is 15.7. The predicted molar refractivity (Wildman–Crippen MR) is 86.2 cm³/mol. The van der Waals surface area contributed by atoms with Gasteiger partial charge in [0.1, 0.15) is 5.75 Å². The lowest BCUT2D eigenvalue weighted by Gasteiger charge is -2.14. The third-order valence-electron chi connectivity index (χ3n) is 3.83. The fraction of sp³-hybridized carbons (Fsp3) is 0.562. The molecule has 3 N–H and O–H groups in total. The number of urea groups is 1. The Morgan fingerprint density at radius 3 is 2.91 bits per heavy atom. The molecule has 122 valence electrons. The van der Waals surface area contributed by atoms with E-state index >= 15 is 0 Å². The maximum atomic E-state index is 11.8. The minimum atomic E-state index is -0.210. The van der Waals surface area contributed by atoms with Crippen LogP contribution in [0.1, 0.15) is 31.7 Å². The summed E-state index contributed by atoms with van der Waals surface area (Å²) in [4.78, 5) is 11.8. The largest absolute Gasteiger partial charge is 0.493 e. The van der Waals surface area contributed by atoms with Gasteiger partial charge in [0.15, 0.2) is 0 Å². The summed E-state index contributed by atoms with van der Waals surface area (Å²) < 4.78 is 5.52. The molecule has 0 radical (unpaired) electrons. The Morgan fingerprint density at radius 1 is 1.41 bits per heavy atom.